The highest BCUT2D eigenvalue weighted by molar-refractivity contribution is 7.80. The molecule has 0 fully saturated rings. The molecule has 1 heterocycles. The Bertz CT molecular complexity index is 608. The number of hydrogen-bond donors (Lipinski definition) is 2. The van der Waals surface area contributed by atoms with Crippen LogP contribution >= 0.6 is 23.6 Å². The number of aryl methyl sites for hydroxylation is 3. The Hall–Kier alpha value is -1.46. The number of fused-ring (bicyclic) bond motifs is 1. The quantitative estimate of drug-likeness (QED) is 0.844. The maximum atomic E-state index is 5.35. The normalized spacial score (nSPS) is 13.6. The van der Waals surface area contributed by atoms with Crippen LogP contribution in [-0.4, -0.2) is 10.1 Å². The Morgan fingerprint density at radius 1 is 1.24 bits per heavy atom. The van der Waals surface area contributed by atoms with E-state index in [9.17, 15) is 0 Å². The molecule has 0 bridgehead atoms. The van der Waals surface area contributed by atoms with E-state index in [-0.39, 0.29) is 0 Å². The second kappa shape index (κ2) is 6.54. The van der Waals surface area contributed by atoms with E-state index in [0.29, 0.717) is 5.11 Å². The Morgan fingerprint density at radius 2 is 2.00 bits per heavy atom. The average molecular weight is 317 g/mol. The van der Waals surface area contributed by atoms with E-state index in [0.717, 1.165) is 24.5 Å². The van der Waals surface area contributed by atoms with Crippen molar-refractivity contribution in [3.05, 3.63) is 46.0 Å². The van der Waals surface area contributed by atoms with Crippen molar-refractivity contribution in [1.29, 1.82) is 0 Å². The number of benzene rings is 1. The molecule has 0 saturated heterocycles. The molecule has 1 aromatic heterocycles. The molecule has 0 unspecified atom stereocenters. The Labute approximate surface area is 134 Å². The SMILES string of the molecule is Cc1ccc(CNC(=S)Nc2nc3c(s2)CCCC3)cc1. The fourth-order valence-corrected chi connectivity index (χ4v) is 3.72. The zero-order valence-electron chi connectivity index (χ0n) is 12.1. The molecule has 1 aliphatic rings. The van der Waals surface area contributed by atoms with Gasteiger partial charge >= 0.3 is 0 Å². The summed E-state index contributed by atoms with van der Waals surface area (Å²) in [6, 6.07) is 8.46. The van der Waals surface area contributed by atoms with E-state index in [4.69, 9.17) is 12.2 Å². The molecule has 21 heavy (non-hydrogen) atoms. The highest BCUT2D eigenvalue weighted by atomic mass is 32.1. The minimum absolute atomic E-state index is 0.640. The predicted octanol–water partition coefficient (Wildman–Crippen LogP) is 3.82. The molecule has 2 N–H and O–H groups in total. The first kappa shape index (κ1) is 14.5. The van der Waals surface area contributed by atoms with Gasteiger partial charge in [0, 0.05) is 11.4 Å². The second-order valence-electron chi connectivity index (χ2n) is 5.39. The number of thiocarbonyl (C=S) groups is 1. The monoisotopic (exact) mass is 317 g/mol. The van der Waals surface area contributed by atoms with Gasteiger partial charge in [0.1, 0.15) is 0 Å². The summed E-state index contributed by atoms with van der Waals surface area (Å²) in [5.74, 6) is 0. The van der Waals surface area contributed by atoms with Crippen LogP contribution in [0.4, 0.5) is 5.13 Å². The van der Waals surface area contributed by atoms with Gasteiger partial charge in [-0.2, -0.15) is 0 Å². The highest BCUT2D eigenvalue weighted by Crippen LogP contribution is 2.29. The zero-order chi connectivity index (χ0) is 14.7. The van der Waals surface area contributed by atoms with Crippen LogP contribution in [0.1, 0.15) is 34.5 Å². The Kier molecular flexibility index (Phi) is 4.51. The van der Waals surface area contributed by atoms with Crippen molar-refractivity contribution < 1.29 is 0 Å². The number of rotatable bonds is 3. The number of aromatic nitrogens is 1. The molecule has 5 heteroatoms. The van der Waals surface area contributed by atoms with Crippen molar-refractivity contribution in [3.8, 4) is 0 Å². The molecular formula is C16H19N3S2. The minimum Gasteiger partial charge on any atom is -0.358 e. The molecule has 3 nitrogen and oxygen atoms in total. The van der Waals surface area contributed by atoms with Gasteiger partial charge in [0.15, 0.2) is 10.2 Å². The van der Waals surface area contributed by atoms with Gasteiger partial charge in [-0.1, -0.05) is 29.8 Å². The van der Waals surface area contributed by atoms with E-state index < -0.39 is 0 Å². The molecule has 110 valence electrons. The second-order valence-corrected chi connectivity index (χ2v) is 6.88. The molecule has 0 saturated carbocycles. The van der Waals surface area contributed by atoms with Crippen LogP contribution in [0, 0.1) is 6.92 Å². The van der Waals surface area contributed by atoms with Crippen LogP contribution < -0.4 is 10.6 Å². The lowest BCUT2D eigenvalue weighted by molar-refractivity contribution is 0.683. The first-order chi connectivity index (χ1) is 10.2. The molecule has 0 spiro atoms. The minimum atomic E-state index is 0.640. The third-order valence-corrected chi connectivity index (χ3v) is 4.96. The van der Waals surface area contributed by atoms with Crippen LogP contribution in [0.2, 0.25) is 0 Å². The summed E-state index contributed by atoms with van der Waals surface area (Å²) in [6.07, 6.45) is 4.81. The Morgan fingerprint density at radius 3 is 2.76 bits per heavy atom. The third-order valence-electron chi connectivity index (χ3n) is 3.64. The van der Waals surface area contributed by atoms with Crippen molar-refractivity contribution in [1.82, 2.24) is 10.3 Å². The lowest BCUT2D eigenvalue weighted by atomic mass is 10.0. The standard InChI is InChI=1S/C16H19N3S2/c1-11-6-8-12(9-7-11)10-17-15(20)19-16-18-13-4-2-3-5-14(13)21-16/h6-9H,2-5,10H2,1H3,(H2,17,18,19,20). The molecule has 3 rings (SSSR count). The van der Waals surface area contributed by atoms with Crippen LogP contribution in [-0.2, 0) is 19.4 Å². The summed E-state index contributed by atoms with van der Waals surface area (Å²) in [5, 5.41) is 8.00. The molecule has 0 aliphatic heterocycles. The number of hydrogen-bond acceptors (Lipinski definition) is 3. The van der Waals surface area contributed by atoms with E-state index in [1.165, 1.54) is 34.5 Å². The van der Waals surface area contributed by atoms with Crippen molar-refractivity contribution >= 4 is 33.8 Å². The molecule has 1 aromatic carbocycles. The summed E-state index contributed by atoms with van der Waals surface area (Å²) >= 11 is 7.08. The van der Waals surface area contributed by atoms with E-state index in [1.54, 1.807) is 11.3 Å². The van der Waals surface area contributed by atoms with Crippen molar-refractivity contribution in [3.63, 3.8) is 0 Å². The van der Waals surface area contributed by atoms with E-state index >= 15 is 0 Å². The fraction of sp³-hybridized carbons (Fsp3) is 0.375. The molecule has 0 atom stereocenters. The van der Waals surface area contributed by atoms with Gasteiger partial charge in [-0.15, -0.1) is 11.3 Å². The summed E-state index contributed by atoms with van der Waals surface area (Å²) in [4.78, 5) is 6.06. The van der Waals surface area contributed by atoms with E-state index in [1.807, 2.05) is 0 Å². The average Bonchev–Trinajstić information content (AvgIpc) is 2.88. The first-order valence-corrected chi connectivity index (χ1v) is 8.52. The largest absolute Gasteiger partial charge is 0.358 e. The summed E-state index contributed by atoms with van der Waals surface area (Å²) in [5.41, 5.74) is 3.76. The van der Waals surface area contributed by atoms with Crippen LogP contribution in [0.15, 0.2) is 24.3 Å². The van der Waals surface area contributed by atoms with Gasteiger partial charge in [-0.25, -0.2) is 4.98 Å². The van der Waals surface area contributed by atoms with Gasteiger partial charge in [-0.3, -0.25) is 0 Å². The molecular weight excluding hydrogens is 298 g/mol. The maximum Gasteiger partial charge on any atom is 0.189 e. The smallest absolute Gasteiger partial charge is 0.189 e. The lowest BCUT2D eigenvalue weighted by Crippen LogP contribution is -2.27. The van der Waals surface area contributed by atoms with Gasteiger partial charge < -0.3 is 10.6 Å². The molecule has 1 aliphatic carbocycles. The van der Waals surface area contributed by atoms with Gasteiger partial charge in [0.25, 0.3) is 0 Å². The maximum absolute atomic E-state index is 5.35. The number of anilines is 1. The van der Waals surface area contributed by atoms with Crippen molar-refractivity contribution in [2.45, 2.75) is 39.2 Å². The highest BCUT2D eigenvalue weighted by Gasteiger charge is 2.15. The van der Waals surface area contributed by atoms with Crippen molar-refractivity contribution in [2.24, 2.45) is 0 Å². The molecule has 0 amide bonds. The van der Waals surface area contributed by atoms with Crippen LogP contribution in [0.25, 0.3) is 0 Å². The topological polar surface area (TPSA) is 37.0 Å². The number of nitrogens with zero attached hydrogens (tertiary/aromatic N) is 1. The lowest BCUT2D eigenvalue weighted by Gasteiger charge is -2.08. The third kappa shape index (κ3) is 3.80. The fourth-order valence-electron chi connectivity index (χ4n) is 2.44. The zero-order valence-corrected chi connectivity index (χ0v) is 13.7. The molecule has 2 aromatic rings. The summed E-state index contributed by atoms with van der Waals surface area (Å²) in [7, 11) is 0. The van der Waals surface area contributed by atoms with E-state index in [2.05, 4.69) is 46.8 Å². The summed E-state index contributed by atoms with van der Waals surface area (Å²) < 4.78 is 0. The number of thiazole rings is 1. The van der Waals surface area contributed by atoms with Gasteiger partial charge in [-0.05, 0) is 50.4 Å². The summed E-state index contributed by atoms with van der Waals surface area (Å²) in [6.45, 7) is 2.82. The first-order valence-electron chi connectivity index (χ1n) is 7.30. The van der Waals surface area contributed by atoms with Crippen LogP contribution in [0.3, 0.4) is 0 Å². The number of nitrogens with one attached hydrogen (secondary N) is 2. The molecule has 0 radical (unpaired) electrons. The van der Waals surface area contributed by atoms with Gasteiger partial charge in [0.05, 0.1) is 5.69 Å². The predicted molar refractivity (Wildman–Crippen MR) is 93.0 cm³/mol. The van der Waals surface area contributed by atoms with Gasteiger partial charge in [0.2, 0.25) is 0 Å². The van der Waals surface area contributed by atoms with Crippen LogP contribution in [0.5, 0.6) is 0 Å². The Balaban J connectivity index is 1.54. The van der Waals surface area contributed by atoms with Crippen molar-refractivity contribution in [2.75, 3.05) is 5.32 Å².